The first-order valence-electron chi connectivity index (χ1n) is 5.18. The molecule has 0 atom stereocenters. The average Bonchev–Trinajstić information content (AvgIpc) is 2.17. The van der Waals surface area contributed by atoms with Gasteiger partial charge in [0.2, 0.25) is 0 Å². The molecule has 0 rings (SSSR count). The third kappa shape index (κ3) is 24.6. The molecule has 0 aliphatic heterocycles. The third-order valence-corrected chi connectivity index (χ3v) is 1.41. The first-order chi connectivity index (χ1) is 7.04. The van der Waals surface area contributed by atoms with Crippen LogP contribution in [0.4, 0.5) is 0 Å². The van der Waals surface area contributed by atoms with Crippen LogP contribution in [-0.2, 0) is 9.59 Å². The first kappa shape index (κ1) is 16.3. The Morgan fingerprint density at radius 3 is 1.47 bits per heavy atom. The Morgan fingerprint density at radius 1 is 0.933 bits per heavy atom. The normalized spacial score (nSPS) is 8.93. The molecule has 90 valence electrons. The number of rotatable bonds is 7. The second-order valence-corrected chi connectivity index (χ2v) is 3.04. The third-order valence-electron chi connectivity index (χ3n) is 1.41. The lowest BCUT2D eigenvalue weighted by Gasteiger charge is -1.95. The van der Waals surface area contributed by atoms with Gasteiger partial charge in [-0.25, -0.2) is 0 Å². The summed E-state index contributed by atoms with van der Waals surface area (Å²) in [5.74, 6) is -2.15. The van der Waals surface area contributed by atoms with Crippen molar-refractivity contribution in [1.29, 1.82) is 0 Å². The summed E-state index contributed by atoms with van der Waals surface area (Å²) >= 11 is 0. The molecule has 0 unspecified atom stereocenters. The van der Waals surface area contributed by atoms with Gasteiger partial charge < -0.3 is 15.5 Å². The highest BCUT2D eigenvalue weighted by Gasteiger charge is 2.00. The van der Waals surface area contributed by atoms with Gasteiger partial charge in [0.15, 0.2) is 0 Å². The lowest BCUT2D eigenvalue weighted by molar-refractivity contribution is -0.143. The minimum Gasteiger partial charge on any atom is -0.481 e. The summed E-state index contributed by atoms with van der Waals surface area (Å²) < 4.78 is 0. The maximum absolute atomic E-state index is 9.64. The van der Waals surface area contributed by atoms with Crippen molar-refractivity contribution in [1.82, 2.24) is 5.32 Å². The van der Waals surface area contributed by atoms with E-state index in [1.807, 2.05) is 0 Å². The lowest BCUT2D eigenvalue weighted by atomic mass is 10.3. The minimum absolute atomic E-state index is 0.296. The molecule has 0 aromatic heterocycles. The summed E-state index contributed by atoms with van der Waals surface area (Å²) in [6.07, 6.45) is 1.91. The Kier molecular flexibility index (Phi) is 14.0. The molecule has 15 heavy (non-hydrogen) atoms. The van der Waals surface area contributed by atoms with Crippen LogP contribution >= 0.6 is 0 Å². The Labute approximate surface area is 90.5 Å². The molecule has 0 aliphatic carbocycles. The largest absolute Gasteiger partial charge is 0.481 e. The van der Waals surface area contributed by atoms with E-state index in [-0.39, 0.29) is 12.8 Å². The average molecular weight is 219 g/mol. The van der Waals surface area contributed by atoms with E-state index in [0.29, 0.717) is 0 Å². The second kappa shape index (κ2) is 12.9. The number of carboxylic acid groups (broad SMARTS) is 2. The van der Waals surface area contributed by atoms with Crippen molar-refractivity contribution in [2.45, 2.75) is 39.5 Å². The van der Waals surface area contributed by atoms with Gasteiger partial charge in [-0.2, -0.15) is 0 Å². The molecule has 0 fully saturated rings. The zero-order valence-corrected chi connectivity index (χ0v) is 9.45. The predicted molar refractivity (Wildman–Crippen MR) is 58.0 cm³/mol. The monoisotopic (exact) mass is 219 g/mol. The molecule has 0 aromatic rings. The highest BCUT2D eigenvalue weighted by molar-refractivity contribution is 5.75. The molecule has 0 saturated heterocycles. The Hall–Kier alpha value is -1.10. The van der Waals surface area contributed by atoms with E-state index in [1.165, 1.54) is 25.9 Å². The molecular weight excluding hydrogens is 198 g/mol. The van der Waals surface area contributed by atoms with Gasteiger partial charge in [-0.15, -0.1) is 0 Å². The van der Waals surface area contributed by atoms with Crippen LogP contribution in [0.3, 0.4) is 0 Å². The second-order valence-electron chi connectivity index (χ2n) is 3.04. The van der Waals surface area contributed by atoms with Crippen molar-refractivity contribution < 1.29 is 19.8 Å². The summed E-state index contributed by atoms with van der Waals surface area (Å²) in [7, 11) is 0. The molecule has 5 nitrogen and oxygen atoms in total. The fourth-order valence-electron chi connectivity index (χ4n) is 0.692. The topological polar surface area (TPSA) is 86.6 Å². The highest BCUT2D eigenvalue weighted by atomic mass is 16.4. The van der Waals surface area contributed by atoms with Crippen LogP contribution in [0, 0.1) is 0 Å². The quantitative estimate of drug-likeness (QED) is 0.562. The zero-order valence-electron chi connectivity index (χ0n) is 9.45. The lowest BCUT2D eigenvalue weighted by Crippen LogP contribution is -2.14. The molecule has 0 radical (unpaired) electrons. The number of hydrogen-bond donors (Lipinski definition) is 3. The van der Waals surface area contributed by atoms with Gasteiger partial charge in [-0.3, -0.25) is 9.59 Å². The van der Waals surface area contributed by atoms with Crippen molar-refractivity contribution in [3.05, 3.63) is 0 Å². The Balaban J connectivity index is 0. The van der Waals surface area contributed by atoms with Crippen LogP contribution in [0.5, 0.6) is 0 Å². The van der Waals surface area contributed by atoms with Crippen LogP contribution < -0.4 is 5.32 Å². The summed E-state index contributed by atoms with van der Waals surface area (Å²) in [5, 5.41) is 19.1. The molecule has 3 N–H and O–H groups in total. The Morgan fingerprint density at radius 2 is 1.27 bits per heavy atom. The van der Waals surface area contributed by atoms with Crippen molar-refractivity contribution in [3.8, 4) is 0 Å². The molecule has 0 bridgehead atoms. The fraction of sp³-hybridized carbons (Fsp3) is 0.800. The van der Waals surface area contributed by atoms with Crippen molar-refractivity contribution in [3.63, 3.8) is 0 Å². The van der Waals surface area contributed by atoms with E-state index in [1.54, 1.807) is 0 Å². The molecule has 0 saturated carbocycles. The maximum atomic E-state index is 9.64. The molecule has 0 amide bonds. The van der Waals surface area contributed by atoms with E-state index in [0.717, 1.165) is 0 Å². The van der Waals surface area contributed by atoms with Crippen molar-refractivity contribution in [2.24, 2.45) is 0 Å². The molecule has 0 aliphatic rings. The molecule has 0 heterocycles. The summed E-state index contributed by atoms with van der Waals surface area (Å²) in [5.41, 5.74) is 0. The number of aliphatic carboxylic acids is 2. The smallest absolute Gasteiger partial charge is 0.303 e. The van der Waals surface area contributed by atoms with Gasteiger partial charge >= 0.3 is 11.9 Å². The van der Waals surface area contributed by atoms with E-state index in [4.69, 9.17) is 10.2 Å². The highest BCUT2D eigenvalue weighted by Crippen LogP contribution is 1.86. The van der Waals surface area contributed by atoms with Crippen LogP contribution in [0.2, 0.25) is 0 Å². The first-order valence-corrected chi connectivity index (χ1v) is 5.18. The molecule has 5 heteroatoms. The van der Waals surface area contributed by atoms with Crippen molar-refractivity contribution in [2.75, 3.05) is 13.1 Å². The SMILES string of the molecule is CCCNCCC.O=C(O)CCC(=O)O. The van der Waals surface area contributed by atoms with E-state index in [2.05, 4.69) is 19.2 Å². The van der Waals surface area contributed by atoms with Gasteiger partial charge in [-0.1, -0.05) is 13.8 Å². The van der Waals surface area contributed by atoms with Gasteiger partial charge in [0, 0.05) is 0 Å². The number of hydrogen-bond acceptors (Lipinski definition) is 3. The fourth-order valence-corrected chi connectivity index (χ4v) is 0.692. The van der Waals surface area contributed by atoms with Crippen LogP contribution in [0.25, 0.3) is 0 Å². The van der Waals surface area contributed by atoms with Crippen LogP contribution in [-0.4, -0.2) is 35.2 Å². The Bertz CT molecular complexity index is 153. The zero-order chi connectivity index (χ0) is 12.1. The van der Waals surface area contributed by atoms with Crippen molar-refractivity contribution >= 4 is 11.9 Å². The van der Waals surface area contributed by atoms with Gasteiger partial charge in [0.1, 0.15) is 0 Å². The van der Waals surface area contributed by atoms with Crippen LogP contribution in [0.1, 0.15) is 39.5 Å². The van der Waals surface area contributed by atoms with Crippen LogP contribution in [0.15, 0.2) is 0 Å². The van der Waals surface area contributed by atoms with E-state index in [9.17, 15) is 9.59 Å². The summed E-state index contributed by atoms with van der Waals surface area (Å²) in [6.45, 7) is 6.72. The maximum Gasteiger partial charge on any atom is 0.303 e. The number of carbonyl (C=O) groups is 2. The molecular formula is C10H21NO4. The standard InChI is InChI=1S/C6H15N.C4H6O4/c1-3-5-7-6-4-2;5-3(6)1-2-4(7)8/h7H,3-6H2,1-2H3;1-2H2,(H,5,6)(H,7,8). The summed E-state index contributed by atoms with van der Waals surface area (Å²) in [6, 6.07) is 0. The molecule has 0 aromatic carbocycles. The van der Waals surface area contributed by atoms with Gasteiger partial charge in [-0.05, 0) is 25.9 Å². The summed E-state index contributed by atoms with van der Waals surface area (Å²) in [4.78, 5) is 19.3. The predicted octanol–water partition coefficient (Wildman–Crippen LogP) is 1.33. The van der Waals surface area contributed by atoms with E-state index < -0.39 is 11.9 Å². The molecule has 0 spiro atoms. The minimum atomic E-state index is -1.08. The van der Waals surface area contributed by atoms with Gasteiger partial charge in [0.25, 0.3) is 0 Å². The number of nitrogens with one attached hydrogen (secondary N) is 1. The number of carboxylic acids is 2. The van der Waals surface area contributed by atoms with E-state index >= 15 is 0 Å². The van der Waals surface area contributed by atoms with Gasteiger partial charge in [0.05, 0.1) is 12.8 Å².